The van der Waals surface area contributed by atoms with Crippen LogP contribution in [0.3, 0.4) is 0 Å². The lowest BCUT2D eigenvalue weighted by atomic mass is 9.93. The minimum atomic E-state index is -3.36. The zero-order chi connectivity index (χ0) is 18.7. The number of aromatic nitrogens is 1. The highest BCUT2D eigenvalue weighted by Crippen LogP contribution is 2.30. The van der Waals surface area contributed by atoms with Gasteiger partial charge in [-0.2, -0.15) is 0 Å². The molecule has 1 saturated heterocycles. The van der Waals surface area contributed by atoms with Crippen LogP contribution in [0.5, 0.6) is 5.75 Å². The Morgan fingerprint density at radius 2 is 2.08 bits per heavy atom. The molecule has 6 nitrogen and oxygen atoms in total. The molecule has 1 aromatic carbocycles. The van der Waals surface area contributed by atoms with E-state index < -0.39 is 9.84 Å². The van der Waals surface area contributed by atoms with Gasteiger partial charge in [0.05, 0.1) is 17.7 Å². The highest BCUT2D eigenvalue weighted by atomic mass is 32.2. The van der Waals surface area contributed by atoms with Crippen molar-refractivity contribution in [2.24, 2.45) is 0 Å². The number of amides is 1. The number of carbonyl (C=O) groups is 1. The van der Waals surface area contributed by atoms with Gasteiger partial charge >= 0.3 is 0 Å². The third-order valence-corrected chi connectivity index (χ3v) is 5.76. The number of pyridine rings is 1. The van der Waals surface area contributed by atoms with E-state index in [9.17, 15) is 13.2 Å². The summed E-state index contributed by atoms with van der Waals surface area (Å²) in [5.41, 5.74) is 1.12. The lowest BCUT2D eigenvalue weighted by Crippen LogP contribution is -2.39. The van der Waals surface area contributed by atoms with Crippen LogP contribution < -0.4 is 4.74 Å². The third kappa shape index (κ3) is 3.88. The van der Waals surface area contributed by atoms with Crippen LogP contribution in [-0.4, -0.2) is 50.7 Å². The molecular weight excluding hydrogens is 352 g/mol. The van der Waals surface area contributed by atoms with Gasteiger partial charge in [-0.1, -0.05) is 6.07 Å². The molecule has 0 bridgehead atoms. The average Bonchev–Trinajstić information content (AvgIpc) is 2.67. The molecule has 0 N–H and O–H groups in total. The molecule has 1 aliphatic heterocycles. The van der Waals surface area contributed by atoms with Gasteiger partial charge in [0, 0.05) is 37.0 Å². The van der Waals surface area contributed by atoms with E-state index in [1.54, 1.807) is 54.6 Å². The van der Waals surface area contributed by atoms with Crippen LogP contribution in [0.1, 0.15) is 34.8 Å². The van der Waals surface area contributed by atoms with Crippen molar-refractivity contribution in [3.63, 3.8) is 0 Å². The summed E-state index contributed by atoms with van der Waals surface area (Å²) in [4.78, 5) is 19.2. The van der Waals surface area contributed by atoms with Crippen LogP contribution in [0.4, 0.5) is 0 Å². The molecular formula is C19H22N2O4S. The van der Waals surface area contributed by atoms with Crippen LogP contribution in [0.25, 0.3) is 0 Å². The number of sulfone groups is 1. The van der Waals surface area contributed by atoms with E-state index in [2.05, 4.69) is 4.98 Å². The highest BCUT2D eigenvalue weighted by Gasteiger charge is 2.29. The Morgan fingerprint density at radius 3 is 2.81 bits per heavy atom. The number of likely N-dealkylation sites (tertiary alicyclic amines) is 1. The van der Waals surface area contributed by atoms with E-state index in [0.29, 0.717) is 30.1 Å². The first kappa shape index (κ1) is 18.4. The van der Waals surface area contributed by atoms with Crippen molar-refractivity contribution in [2.75, 3.05) is 26.5 Å². The van der Waals surface area contributed by atoms with Crippen molar-refractivity contribution in [1.29, 1.82) is 0 Å². The second kappa shape index (κ2) is 7.45. The fourth-order valence-electron chi connectivity index (χ4n) is 3.35. The van der Waals surface area contributed by atoms with Gasteiger partial charge in [0.25, 0.3) is 5.91 Å². The molecule has 1 atom stereocenters. The fraction of sp³-hybridized carbons (Fsp3) is 0.368. The minimum Gasteiger partial charge on any atom is -0.497 e. The number of carbonyl (C=O) groups excluding carboxylic acids is 1. The van der Waals surface area contributed by atoms with Gasteiger partial charge in [-0.05, 0) is 43.2 Å². The molecule has 3 rings (SSSR count). The molecule has 0 aliphatic carbocycles. The van der Waals surface area contributed by atoms with Gasteiger partial charge in [-0.3, -0.25) is 9.78 Å². The molecule has 0 spiro atoms. The summed E-state index contributed by atoms with van der Waals surface area (Å²) in [6, 6.07) is 10.3. The standard InChI is InChI=1S/C19H22N2O4S/c1-25-16-8-3-6-14(12-16)19(22)21-11-5-7-15(13-21)18-17(26(2,23)24)9-4-10-20-18/h3-4,6,8-10,12,15H,5,7,11,13H2,1-2H3. The van der Waals surface area contributed by atoms with E-state index in [-0.39, 0.29) is 16.7 Å². The predicted molar refractivity (Wildman–Crippen MR) is 98.2 cm³/mol. The van der Waals surface area contributed by atoms with E-state index in [0.717, 1.165) is 12.8 Å². The summed E-state index contributed by atoms with van der Waals surface area (Å²) >= 11 is 0. The summed E-state index contributed by atoms with van der Waals surface area (Å²) in [6.07, 6.45) is 4.41. The van der Waals surface area contributed by atoms with Crippen LogP contribution in [-0.2, 0) is 9.84 Å². The first-order valence-corrected chi connectivity index (χ1v) is 10.4. The molecule has 1 aliphatic rings. The van der Waals surface area contributed by atoms with Crippen LogP contribution >= 0.6 is 0 Å². The average molecular weight is 374 g/mol. The van der Waals surface area contributed by atoms with E-state index in [4.69, 9.17) is 4.74 Å². The zero-order valence-electron chi connectivity index (χ0n) is 14.9. The van der Waals surface area contributed by atoms with Gasteiger partial charge in [0.1, 0.15) is 5.75 Å². The monoisotopic (exact) mass is 374 g/mol. The molecule has 0 saturated carbocycles. The van der Waals surface area contributed by atoms with Crippen molar-refractivity contribution in [3.05, 3.63) is 53.9 Å². The Bertz CT molecular complexity index is 911. The maximum Gasteiger partial charge on any atom is 0.254 e. The Kier molecular flexibility index (Phi) is 5.27. The second-order valence-corrected chi connectivity index (χ2v) is 8.47. The van der Waals surface area contributed by atoms with Gasteiger partial charge < -0.3 is 9.64 Å². The molecule has 26 heavy (non-hydrogen) atoms. The van der Waals surface area contributed by atoms with Gasteiger partial charge in [-0.25, -0.2) is 8.42 Å². The number of rotatable bonds is 4. The highest BCUT2D eigenvalue weighted by molar-refractivity contribution is 7.90. The molecule has 2 heterocycles. The van der Waals surface area contributed by atoms with E-state index >= 15 is 0 Å². The van der Waals surface area contributed by atoms with Crippen molar-refractivity contribution in [3.8, 4) is 5.75 Å². The lowest BCUT2D eigenvalue weighted by molar-refractivity contribution is 0.0704. The molecule has 1 unspecified atom stereocenters. The number of benzene rings is 1. The molecule has 0 radical (unpaired) electrons. The van der Waals surface area contributed by atoms with Gasteiger partial charge in [0.2, 0.25) is 0 Å². The summed E-state index contributed by atoms with van der Waals surface area (Å²) < 4.78 is 29.3. The van der Waals surface area contributed by atoms with E-state index in [1.165, 1.54) is 6.26 Å². The summed E-state index contributed by atoms with van der Waals surface area (Å²) in [5, 5.41) is 0. The van der Waals surface area contributed by atoms with Gasteiger partial charge in [0.15, 0.2) is 9.84 Å². The van der Waals surface area contributed by atoms with Crippen molar-refractivity contribution < 1.29 is 17.9 Å². The summed E-state index contributed by atoms with van der Waals surface area (Å²) in [6.45, 7) is 1.10. The number of methoxy groups -OCH3 is 1. The predicted octanol–water partition coefficient (Wildman–Crippen LogP) is 2.51. The lowest BCUT2D eigenvalue weighted by Gasteiger charge is -2.33. The quantitative estimate of drug-likeness (QED) is 0.822. The Morgan fingerprint density at radius 1 is 1.27 bits per heavy atom. The van der Waals surface area contributed by atoms with Gasteiger partial charge in [-0.15, -0.1) is 0 Å². The SMILES string of the molecule is COc1cccc(C(=O)N2CCCC(c3ncccc3S(C)(=O)=O)C2)c1. The Labute approximate surface area is 153 Å². The summed E-state index contributed by atoms with van der Waals surface area (Å²) in [7, 11) is -1.80. The molecule has 1 aromatic heterocycles. The Hall–Kier alpha value is -2.41. The second-order valence-electron chi connectivity index (χ2n) is 6.48. The number of ether oxygens (including phenoxy) is 1. The van der Waals surface area contributed by atoms with Crippen molar-refractivity contribution >= 4 is 15.7 Å². The minimum absolute atomic E-state index is 0.0783. The van der Waals surface area contributed by atoms with Crippen molar-refractivity contribution in [1.82, 2.24) is 9.88 Å². The summed E-state index contributed by atoms with van der Waals surface area (Å²) in [5.74, 6) is 0.461. The number of piperidine rings is 1. The van der Waals surface area contributed by atoms with Crippen LogP contribution in [0, 0.1) is 0 Å². The molecule has 1 fully saturated rings. The molecule has 138 valence electrons. The largest absolute Gasteiger partial charge is 0.497 e. The number of hydrogen-bond donors (Lipinski definition) is 0. The number of nitrogens with zero attached hydrogens (tertiary/aromatic N) is 2. The normalized spacial score (nSPS) is 17.8. The third-order valence-electron chi connectivity index (χ3n) is 4.61. The van der Waals surface area contributed by atoms with E-state index in [1.807, 2.05) is 0 Å². The maximum absolute atomic E-state index is 12.9. The van der Waals surface area contributed by atoms with Crippen LogP contribution in [0.15, 0.2) is 47.5 Å². The molecule has 2 aromatic rings. The number of hydrogen-bond acceptors (Lipinski definition) is 5. The smallest absolute Gasteiger partial charge is 0.254 e. The van der Waals surface area contributed by atoms with Crippen LogP contribution in [0.2, 0.25) is 0 Å². The zero-order valence-corrected chi connectivity index (χ0v) is 15.7. The first-order chi connectivity index (χ1) is 12.4. The fourth-order valence-corrected chi connectivity index (χ4v) is 4.27. The maximum atomic E-state index is 12.9. The molecule has 1 amide bonds. The topological polar surface area (TPSA) is 76.6 Å². The Balaban J connectivity index is 1.85. The van der Waals surface area contributed by atoms with Crippen molar-refractivity contribution in [2.45, 2.75) is 23.7 Å². The first-order valence-electron chi connectivity index (χ1n) is 8.48. The molecule has 7 heteroatoms.